The van der Waals surface area contributed by atoms with Gasteiger partial charge in [-0.3, -0.25) is 14.5 Å². The molecule has 0 N–H and O–H groups in total. The van der Waals surface area contributed by atoms with Crippen LogP contribution in [-0.2, 0) is 9.59 Å². The molecule has 2 atom stereocenters. The van der Waals surface area contributed by atoms with E-state index in [0.717, 1.165) is 19.6 Å². The first-order valence-electron chi connectivity index (χ1n) is 8.86. The van der Waals surface area contributed by atoms with Gasteiger partial charge in [-0.2, -0.15) is 5.26 Å². The second-order valence-corrected chi connectivity index (χ2v) is 8.02. The Bertz CT molecular complexity index is 603. The minimum atomic E-state index is -0.0461. The highest BCUT2D eigenvalue weighted by Gasteiger charge is 2.28. The third kappa shape index (κ3) is 5.53. The van der Waals surface area contributed by atoms with E-state index in [1.807, 2.05) is 6.08 Å². The van der Waals surface area contributed by atoms with Crippen LogP contribution in [0.1, 0.15) is 13.3 Å². The number of piperazine rings is 2. The normalized spacial score (nSPS) is 25.3. The van der Waals surface area contributed by atoms with Crippen LogP contribution in [0.4, 0.5) is 0 Å². The summed E-state index contributed by atoms with van der Waals surface area (Å²) >= 11 is 2.24. The fraction of sp³-hybridized carbons (Fsp3) is 0.611. The predicted octanol–water partition coefficient (Wildman–Crippen LogP) is 1.04. The first-order chi connectivity index (χ1) is 12.5. The molecule has 2 aliphatic heterocycles. The lowest BCUT2D eigenvalue weighted by molar-refractivity contribution is -0.129. The molecule has 142 valence electrons. The van der Waals surface area contributed by atoms with Crippen molar-refractivity contribution < 1.29 is 9.59 Å². The van der Waals surface area contributed by atoms with E-state index in [2.05, 4.69) is 50.4 Å². The summed E-state index contributed by atoms with van der Waals surface area (Å²) in [5.74, 6) is -0.0527. The van der Waals surface area contributed by atoms with E-state index in [1.165, 1.54) is 6.08 Å². The van der Waals surface area contributed by atoms with Crippen LogP contribution in [0.25, 0.3) is 0 Å². The molecule has 2 heterocycles. The fourth-order valence-electron chi connectivity index (χ4n) is 3.37. The van der Waals surface area contributed by atoms with Gasteiger partial charge in [0.15, 0.2) is 0 Å². The van der Waals surface area contributed by atoms with Gasteiger partial charge in [-0.1, -0.05) is 12.7 Å². The van der Waals surface area contributed by atoms with Crippen LogP contribution in [0.3, 0.4) is 0 Å². The average Bonchev–Trinajstić information content (AvgIpc) is 2.62. The zero-order valence-electron chi connectivity index (χ0n) is 15.2. The summed E-state index contributed by atoms with van der Waals surface area (Å²) in [5, 5.41) is 8.99. The maximum atomic E-state index is 12.5. The Morgan fingerprint density at radius 1 is 1.23 bits per heavy atom. The van der Waals surface area contributed by atoms with Crippen molar-refractivity contribution in [3.63, 3.8) is 0 Å². The molecular formula is C18H26IN5O2. The minimum Gasteiger partial charge on any atom is -0.336 e. The number of carbonyl (C=O) groups excluding carboxylic acids is 2. The zero-order chi connectivity index (χ0) is 19.1. The monoisotopic (exact) mass is 471 g/mol. The maximum Gasteiger partial charge on any atom is 0.246 e. The number of halogens is 1. The van der Waals surface area contributed by atoms with Gasteiger partial charge >= 0.3 is 0 Å². The molecule has 0 aromatic rings. The smallest absolute Gasteiger partial charge is 0.246 e. The number of hydrogen-bond acceptors (Lipinski definition) is 5. The largest absolute Gasteiger partial charge is 0.336 e. The van der Waals surface area contributed by atoms with E-state index < -0.39 is 0 Å². The first-order valence-corrected chi connectivity index (χ1v) is 9.83. The third-order valence-corrected chi connectivity index (χ3v) is 5.77. The van der Waals surface area contributed by atoms with Gasteiger partial charge in [0.2, 0.25) is 11.8 Å². The standard InChI is InChI=1S/C18H26IN5O2/c1-3-17(25)22-10-9-21(15(2)13-22)8-4-5-18(26)24-12-11-23(19)14-16(24)6-7-20/h3-5,15-16H,1,6,8-14H2,2H3/b5-4-/t15-,16?/m1/s1. The summed E-state index contributed by atoms with van der Waals surface area (Å²) in [6.07, 6.45) is 5.23. The van der Waals surface area contributed by atoms with Crippen LogP contribution in [0.2, 0.25) is 0 Å². The number of carbonyl (C=O) groups is 2. The van der Waals surface area contributed by atoms with Crippen LogP contribution >= 0.6 is 22.9 Å². The van der Waals surface area contributed by atoms with Gasteiger partial charge in [0.1, 0.15) is 0 Å². The molecule has 0 saturated carbocycles. The second kappa shape index (κ2) is 10.0. The Kier molecular flexibility index (Phi) is 8.06. The van der Waals surface area contributed by atoms with E-state index in [1.54, 1.807) is 15.9 Å². The summed E-state index contributed by atoms with van der Waals surface area (Å²) < 4.78 is 2.12. The number of amides is 2. The summed E-state index contributed by atoms with van der Waals surface area (Å²) in [7, 11) is 0. The molecule has 2 rings (SSSR count). The van der Waals surface area contributed by atoms with E-state index in [-0.39, 0.29) is 23.9 Å². The Balaban J connectivity index is 1.86. The Morgan fingerprint density at radius 2 is 2.00 bits per heavy atom. The van der Waals surface area contributed by atoms with Crippen molar-refractivity contribution in [3.05, 3.63) is 24.8 Å². The number of hydrogen-bond donors (Lipinski definition) is 0. The van der Waals surface area contributed by atoms with Crippen molar-refractivity contribution in [2.24, 2.45) is 0 Å². The van der Waals surface area contributed by atoms with E-state index in [4.69, 9.17) is 5.26 Å². The summed E-state index contributed by atoms with van der Waals surface area (Å²) in [6.45, 7) is 10.6. The molecule has 2 aliphatic rings. The van der Waals surface area contributed by atoms with E-state index >= 15 is 0 Å². The van der Waals surface area contributed by atoms with Crippen LogP contribution < -0.4 is 0 Å². The highest BCUT2D eigenvalue weighted by molar-refractivity contribution is 14.1. The lowest BCUT2D eigenvalue weighted by Crippen LogP contribution is -2.53. The van der Waals surface area contributed by atoms with Gasteiger partial charge in [0.05, 0.1) is 18.5 Å². The Hall–Kier alpha value is -1.44. The number of nitrogens with zero attached hydrogens (tertiary/aromatic N) is 5. The number of rotatable bonds is 5. The Morgan fingerprint density at radius 3 is 2.65 bits per heavy atom. The average molecular weight is 471 g/mol. The Labute approximate surface area is 169 Å². The summed E-state index contributed by atoms with van der Waals surface area (Å²) in [5.41, 5.74) is 0. The summed E-state index contributed by atoms with van der Waals surface area (Å²) in [4.78, 5) is 30.1. The van der Waals surface area contributed by atoms with Crippen molar-refractivity contribution in [2.75, 3.05) is 45.8 Å². The van der Waals surface area contributed by atoms with Crippen molar-refractivity contribution in [2.45, 2.75) is 25.4 Å². The van der Waals surface area contributed by atoms with E-state index in [0.29, 0.717) is 32.6 Å². The number of nitriles is 1. The molecule has 0 spiro atoms. The lowest BCUT2D eigenvalue weighted by Gasteiger charge is -2.39. The summed E-state index contributed by atoms with van der Waals surface area (Å²) in [6, 6.07) is 2.37. The molecule has 26 heavy (non-hydrogen) atoms. The maximum absolute atomic E-state index is 12.5. The molecule has 0 radical (unpaired) electrons. The van der Waals surface area contributed by atoms with Crippen LogP contribution in [0.5, 0.6) is 0 Å². The highest BCUT2D eigenvalue weighted by Crippen LogP contribution is 2.16. The SMILES string of the molecule is C=CC(=O)N1CCN(C/C=C\C(=O)N2CCN(I)CC2CC#N)[C@H](C)C1. The highest BCUT2D eigenvalue weighted by atomic mass is 127. The van der Waals surface area contributed by atoms with Crippen molar-refractivity contribution in [3.8, 4) is 6.07 Å². The van der Waals surface area contributed by atoms with Crippen LogP contribution in [-0.4, -0.2) is 87.5 Å². The molecule has 7 nitrogen and oxygen atoms in total. The third-order valence-electron chi connectivity index (χ3n) is 4.89. The van der Waals surface area contributed by atoms with Gasteiger partial charge in [-0.15, -0.1) is 0 Å². The van der Waals surface area contributed by atoms with Gasteiger partial charge in [-0.25, -0.2) is 3.11 Å². The molecule has 0 bridgehead atoms. The molecule has 0 aromatic carbocycles. The molecule has 2 fully saturated rings. The lowest BCUT2D eigenvalue weighted by atomic mass is 10.1. The van der Waals surface area contributed by atoms with Crippen LogP contribution in [0.15, 0.2) is 24.8 Å². The quantitative estimate of drug-likeness (QED) is 0.341. The molecule has 1 unspecified atom stereocenters. The zero-order valence-corrected chi connectivity index (χ0v) is 17.3. The predicted molar refractivity (Wildman–Crippen MR) is 108 cm³/mol. The topological polar surface area (TPSA) is 70.9 Å². The van der Waals surface area contributed by atoms with Gasteiger partial charge in [-0.05, 0) is 13.0 Å². The molecule has 8 heteroatoms. The van der Waals surface area contributed by atoms with Crippen molar-refractivity contribution in [1.29, 1.82) is 5.26 Å². The van der Waals surface area contributed by atoms with Crippen molar-refractivity contribution in [1.82, 2.24) is 17.8 Å². The molecular weight excluding hydrogens is 445 g/mol. The van der Waals surface area contributed by atoms with Gasteiger partial charge < -0.3 is 9.80 Å². The fourth-order valence-corrected chi connectivity index (χ4v) is 4.04. The van der Waals surface area contributed by atoms with Crippen LogP contribution in [0, 0.1) is 11.3 Å². The first kappa shape index (κ1) is 20.9. The second-order valence-electron chi connectivity index (χ2n) is 6.65. The van der Waals surface area contributed by atoms with Gasteiger partial charge in [0.25, 0.3) is 0 Å². The van der Waals surface area contributed by atoms with Crippen molar-refractivity contribution >= 4 is 34.7 Å². The molecule has 2 amide bonds. The molecule has 2 saturated heterocycles. The minimum absolute atomic E-state index is 0.0251. The van der Waals surface area contributed by atoms with Gasteiger partial charge in [0, 0.05) is 80.8 Å². The van der Waals surface area contributed by atoms with E-state index in [9.17, 15) is 9.59 Å². The molecule has 0 aromatic heterocycles. The molecule has 0 aliphatic carbocycles.